The maximum absolute atomic E-state index is 13.1. The predicted molar refractivity (Wildman–Crippen MR) is 157 cm³/mol. The molecule has 0 radical (unpaired) electrons. The van der Waals surface area contributed by atoms with Gasteiger partial charge in [0, 0.05) is 34.5 Å². The van der Waals surface area contributed by atoms with E-state index in [2.05, 4.69) is 15.6 Å². The summed E-state index contributed by atoms with van der Waals surface area (Å²) < 4.78 is 0. The Morgan fingerprint density at radius 2 is 1.57 bits per heavy atom. The molecule has 3 heterocycles. The van der Waals surface area contributed by atoms with Crippen LogP contribution in [0.4, 0.5) is 5.13 Å². The van der Waals surface area contributed by atoms with Gasteiger partial charge in [0.25, 0.3) is 17.7 Å². The van der Waals surface area contributed by atoms with E-state index in [4.69, 9.17) is 11.6 Å². The SMILES string of the molecule is O=C1CCC(N2C(=O)c3ccc(Cc4ccc(C(=O)Nc5ncc(Cc6ccc(Cl)cc6)s5)cc4)cc3C2=O)C(=O)N1. The zero-order valence-corrected chi connectivity index (χ0v) is 23.6. The van der Waals surface area contributed by atoms with Crippen molar-refractivity contribution in [1.29, 1.82) is 0 Å². The molecular formula is C31H23ClN4O5S. The van der Waals surface area contributed by atoms with Gasteiger partial charge < -0.3 is 0 Å². The van der Waals surface area contributed by atoms with E-state index in [0.29, 0.717) is 28.6 Å². The maximum Gasteiger partial charge on any atom is 0.262 e. The van der Waals surface area contributed by atoms with Gasteiger partial charge in [-0.3, -0.25) is 39.5 Å². The zero-order chi connectivity index (χ0) is 29.4. The molecule has 1 atom stereocenters. The number of imide groups is 2. The van der Waals surface area contributed by atoms with Gasteiger partial charge >= 0.3 is 0 Å². The predicted octanol–water partition coefficient (Wildman–Crippen LogP) is 4.63. The van der Waals surface area contributed by atoms with Crippen LogP contribution in [0.5, 0.6) is 0 Å². The molecule has 1 unspecified atom stereocenters. The number of halogens is 1. The Hall–Kier alpha value is -4.67. The summed E-state index contributed by atoms with van der Waals surface area (Å²) in [5, 5.41) is 6.23. The molecule has 0 spiro atoms. The first-order valence-corrected chi connectivity index (χ1v) is 14.4. The highest BCUT2D eigenvalue weighted by molar-refractivity contribution is 7.15. The van der Waals surface area contributed by atoms with Gasteiger partial charge in [-0.25, -0.2) is 4.98 Å². The second-order valence-corrected chi connectivity index (χ2v) is 11.6. The highest BCUT2D eigenvalue weighted by Gasteiger charge is 2.44. The first kappa shape index (κ1) is 27.5. The van der Waals surface area contributed by atoms with Crippen LogP contribution in [-0.4, -0.2) is 45.5 Å². The molecule has 3 aromatic carbocycles. The number of nitrogens with one attached hydrogen (secondary N) is 2. The van der Waals surface area contributed by atoms with E-state index < -0.39 is 29.7 Å². The van der Waals surface area contributed by atoms with Gasteiger partial charge in [0.1, 0.15) is 6.04 Å². The van der Waals surface area contributed by atoms with Gasteiger partial charge in [0.05, 0.1) is 11.1 Å². The molecule has 1 aromatic heterocycles. The average Bonchev–Trinajstić information content (AvgIpc) is 3.51. The van der Waals surface area contributed by atoms with Gasteiger partial charge in [-0.1, -0.05) is 41.9 Å². The molecule has 2 N–H and O–H groups in total. The van der Waals surface area contributed by atoms with E-state index in [9.17, 15) is 24.0 Å². The molecule has 0 aliphatic carbocycles. The fourth-order valence-electron chi connectivity index (χ4n) is 5.06. The number of amides is 5. The number of piperidine rings is 1. The number of fused-ring (bicyclic) bond motifs is 1. The van der Waals surface area contributed by atoms with Gasteiger partial charge in [-0.05, 0) is 65.9 Å². The van der Waals surface area contributed by atoms with E-state index >= 15 is 0 Å². The molecule has 1 fully saturated rings. The molecule has 5 amide bonds. The van der Waals surface area contributed by atoms with Crippen molar-refractivity contribution in [2.24, 2.45) is 0 Å². The summed E-state index contributed by atoms with van der Waals surface area (Å²) in [7, 11) is 0. The third kappa shape index (κ3) is 5.59. The topological polar surface area (TPSA) is 126 Å². The van der Waals surface area contributed by atoms with Crippen LogP contribution in [-0.2, 0) is 22.4 Å². The number of carbonyl (C=O) groups is 5. The zero-order valence-electron chi connectivity index (χ0n) is 22.1. The fraction of sp³-hybridized carbons (Fsp3) is 0.161. The highest BCUT2D eigenvalue weighted by Crippen LogP contribution is 2.29. The molecule has 1 saturated heterocycles. The van der Waals surface area contributed by atoms with Crippen LogP contribution < -0.4 is 10.6 Å². The van der Waals surface area contributed by atoms with Crippen LogP contribution in [0.2, 0.25) is 5.02 Å². The number of hydrogen-bond acceptors (Lipinski definition) is 7. The van der Waals surface area contributed by atoms with Crippen LogP contribution >= 0.6 is 22.9 Å². The number of nitrogens with zero attached hydrogens (tertiary/aromatic N) is 2. The summed E-state index contributed by atoms with van der Waals surface area (Å²) >= 11 is 7.36. The molecule has 210 valence electrons. The van der Waals surface area contributed by atoms with Crippen LogP contribution in [0.1, 0.15) is 65.5 Å². The third-order valence-electron chi connectivity index (χ3n) is 7.19. The summed E-state index contributed by atoms with van der Waals surface area (Å²) in [5.41, 5.74) is 3.75. The summed E-state index contributed by atoms with van der Waals surface area (Å²) in [6.45, 7) is 0. The lowest BCUT2D eigenvalue weighted by atomic mass is 9.99. The van der Waals surface area contributed by atoms with E-state index in [1.807, 2.05) is 36.4 Å². The Bertz CT molecular complexity index is 1750. The fourth-order valence-corrected chi connectivity index (χ4v) is 6.03. The smallest absolute Gasteiger partial charge is 0.262 e. The van der Waals surface area contributed by atoms with Crippen molar-refractivity contribution in [2.45, 2.75) is 31.7 Å². The van der Waals surface area contributed by atoms with Crippen LogP contribution in [0, 0.1) is 0 Å². The average molecular weight is 599 g/mol. The minimum absolute atomic E-state index is 0.0677. The van der Waals surface area contributed by atoms with Crippen molar-refractivity contribution in [2.75, 3.05) is 5.32 Å². The number of thiazole rings is 1. The van der Waals surface area contributed by atoms with E-state index in [-0.39, 0.29) is 29.9 Å². The van der Waals surface area contributed by atoms with Gasteiger partial charge in [-0.15, -0.1) is 11.3 Å². The largest absolute Gasteiger partial charge is 0.298 e. The lowest BCUT2D eigenvalue weighted by Crippen LogP contribution is -2.54. The van der Waals surface area contributed by atoms with Crippen molar-refractivity contribution in [1.82, 2.24) is 15.2 Å². The van der Waals surface area contributed by atoms with E-state index in [1.54, 1.807) is 36.5 Å². The molecule has 2 aliphatic heterocycles. The standard InChI is InChI=1S/C31H23ClN4O5S/c32-21-8-3-18(4-9-21)14-22-16-33-31(42-22)35-27(38)20-6-1-17(2-7-20)13-19-5-10-23-24(15-19)30(41)36(29(23)40)25-11-12-26(37)34-28(25)39/h1-10,15-16,25H,11-14H2,(H,33,35,38)(H,34,37,39). The van der Waals surface area contributed by atoms with Crippen molar-refractivity contribution < 1.29 is 24.0 Å². The normalized spacial score (nSPS) is 16.4. The Kier molecular flexibility index (Phi) is 7.40. The molecule has 0 saturated carbocycles. The molecular weight excluding hydrogens is 576 g/mol. The first-order chi connectivity index (χ1) is 20.2. The Morgan fingerprint density at radius 1 is 0.905 bits per heavy atom. The lowest BCUT2D eigenvalue weighted by Gasteiger charge is -2.27. The second-order valence-electron chi connectivity index (χ2n) is 10.1. The Labute approximate surface area is 249 Å². The number of hydrogen-bond donors (Lipinski definition) is 2. The van der Waals surface area contributed by atoms with Gasteiger partial charge in [0.15, 0.2) is 5.13 Å². The molecule has 6 rings (SSSR count). The first-order valence-electron chi connectivity index (χ1n) is 13.2. The van der Waals surface area contributed by atoms with Crippen LogP contribution in [0.25, 0.3) is 0 Å². The highest BCUT2D eigenvalue weighted by atomic mass is 35.5. The number of aromatic nitrogens is 1. The molecule has 11 heteroatoms. The molecule has 0 bridgehead atoms. The quantitative estimate of drug-likeness (QED) is 0.299. The Balaban J connectivity index is 1.09. The van der Waals surface area contributed by atoms with Crippen molar-refractivity contribution in [3.05, 3.63) is 116 Å². The summed E-state index contributed by atoms with van der Waals surface area (Å²) in [5.74, 6) is -2.41. The van der Waals surface area contributed by atoms with Crippen LogP contribution in [0.3, 0.4) is 0 Å². The number of rotatable bonds is 7. The minimum Gasteiger partial charge on any atom is -0.298 e. The Morgan fingerprint density at radius 3 is 2.31 bits per heavy atom. The van der Waals surface area contributed by atoms with Crippen molar-refractivity contribution in [3.63, 3.8) is 0 Å². The number of benzene rings is 3. The van der Waals surface area contributed by atoms with E-state index in [1.165, 1.54) is 11.3 Å². The molecule has 9 nitrogen and oxygen atoms in total. The third-order valence-corrected chi connectivity index (χ3v) is 8.36. The van der Waals surface area contributed by atoms with Gasteiger partial charge in [0.2, 0.25) is 11.8 Å². The summed E-state index contributed by atoms with van der Waals surface area (Å²) in [6, 6.07) is 18.7. The monoisotopic (exact) mass is 598 g/mol. The number of anilines is 1. The lowest BCUT2D eigenvalue weighted by molar-refractivity contribution is -0.136. The molecule has 2 aliphatic rings. The van der Waals surface area contributed by atoms with E-state index in [0.717, 1.165) is 26.5 Å². The van der Waals surface area contributed by atoms with Gasteiger partial charge in [-0.2, -0.15) is 0 Å². The maximum atomic E-state index is 13.1. The second kappa shape index (κ2) is 11.3. The minimum atomic E-state index is -1.00. The van der Waals surface area contributed by atoms with Crippen molar-refractivity contribution in [3.8, 4) is 0 Å². The molecule has 4 aromatic rings. The summed E-state index contributed by atoms with van der Waals surface area (Å²) in [6.07, 6.45) is 3.08. The van der Waals surface area contributed by atoms with Crippen LogP contribution in [0.15, 0.2) is 72.9 Å². The number of carbonyl (C=O) groups excluding carboxylic acids is 5. The van der Waals surface area contributed by atoms with Crippen molar-refractivity contribution >= 4 is 57.6 Å². The summed E-state index contributed by atoms with van der Waals surface area (Å²) in [4.78, 5) is 68.9. The molecule has 42 heavy (non-hydrogen) atoms.